The first-order valence-corrected chi connectivity index (χ1v) is 11.0. The molecule has 1 aliphatic heterocycles. The van der Waals surface area contributed by atoms with Crippen molar-refractivity contribution in [3.63, 3.8) is 0 Å². The van der Waals surface area contributed by atoms with Crippen LogP contribution >= 0.6 is 15.9 Å². The lowest BCUT2D eigenvalue weighted by molar-refractivity contribution is 0.286. The zero-order chi connectivity index (χ0) is 19.3. The molecule has 0 saturated carbocycles. The molecule has 0 N–H and O–H groups in total. The van der Waals surface area contributed by atoms with Crippen molar-refractivity contribution in [3.05, 3.63) is 52.3 Å². The number of likely N-dealkylation sites (tertiary alicyclic amines) is 1. The minimum absolute atomic E-state index is 0.454. The Morgan fingerprint density at radius 1 is 1.11 bits per heavy atom. The smallest absolute Gasteiger partial charge is 0.318 e. The van der Waals surface area contributed by atoms with Gasteiger partial charge in [-0.1, -0.05) is 37.6 Å². The minimum Gasteiger partial charge on any atom is -0.463 e. The van der Waals surface area contributed by atoms with Gasteiger partial charge in [0.1, 0.15) is 5.65 Å². The highest BCUT2D eigenvalue weighted by molar-refractivity contribution is 9.10. The number of halogens is 1. The molecule has 0 amide bonds. The summed E-state index contributed by atoms with van der Waals surface area (Å²) < 4.78 is 8.89. The Morgan fingerprint density at radius 3 is 2.68 bits per heavy atom. The standard InChI is InChI=1S/C22H27BrN4O/c1-2-3-11-28-22-24-14-19-13-20(23)27(21(19)25-22)16-18-8-6-7-17(12-18)15-26-9-4-5-10-26/h6-8,12-14H,2-5,9-11,15-16H2,1H3. The maximum absolute atomic E-state index is 5.71. The number of hydrogen-bond donors (Lipinski definition) is 0. The first kappa shape index (κ1) is 19.4. The molecular weight excluding hydrogens is 416 g/mol. The quantitative estimate of drug-likeness (QED) is 0.459. The van der Waals surface area contributed by atoms with Crippen LogP contribution in [0.5, 0.6) is 6.01 Å². The van der Waals surface area contributed by atoms with Crippen molar-refractivity contribution in [2.24, 2.45) is 0 Å². The Bertz CT molecular complexity index is 933. The van der Waals surface area contributed by atoms with Gasteiger partial charge in [0.2, 0.25) is 0 Å². The minimum atomic E-state index is 0.454. The molecule has 0 unspecified atom stereocenters. The van der Waals surface area contributed by atoms with Crippen LogP contribution in [0.15, 0.2) is 41.1 Å². The molecule has 0 radical (unpaired) electrons. The van der Waals surface area contributed by atoms with E-state index in [1.165, 1.54) is 37.1 Å². The third-order valence-corrected chi connectivity index (χ3v) is 5.88. The zero-order valence-corrected chi connectivity index (χ0v) is 18.0. The Hall–Kier alpha value is -1.92. The Kier molecular flexibility index (Phi) is 6.27. The maximum Gasteiger partial charge on any atom is 0.318 e. The molecule has 0 spiro atoms. The Morgan fingerprint density at radius 2 is 1.89 bits per heavy atom. The van der Waals surface area contributed by atoms with E-state index in [0.717, 1.165) is 41.6 Å². The van der Waals surface area contributed by atoms with E-state index in [0.29, 0.717) is 12.6 Å². The van der Waals surface area contributed by atoms with Crippen LogP contribution in [0.25, 0.3) is 11.0 Å². The molecule has 148 valence electrons. The topological polar surface area (TPSA) is 43.2 Å². The van der Waals surface area contributed by atoms with Crippen LogP contribution in [0, 0.1) is 0 Å². The monoisotopic (exact) mass is 442 g/mol. The number of benzene rings is 1. The normalized spacial score (nSPS) is 14.8. The van der Waals surface area contributed by atoms with E-state index < -0.39 is 0 Å². The molecule has 5 nitrogen and oxygen atoms in total. The molecule has 1 aliphatic rings. The zero-order valence-electron chi connectivity index (χ0n) is 16.4. The summed E-state index contributed by atoms with van der Waals surface area (Å²) in [5.41, 5.74) is 3.56. The molecular formula is C22H27BrN4O. The molecule has 1 saturated heterocycles. The summed E-state index contributed by atoms with van der Waals surface area (Å²) in [6, 6.07) is 11.4. The molecule has 2 aromatic heterocycles. The van der Waals surface area contributed by atoms with Gasteiger partial charge in [-0.15, -0.1) is 0 Å². The first-order valence-electron chi connectivity index (χ1n) is 10.2. The van der Waals surface area contributed by atoms with Crippen LogP contribution in [0.2, 0.25) is 0 Å². The molecule has 4 rings (SSSR count). The number of hydrogen-bond acceptors (Lipinski definition) is 4. The van der Waals surface area contributed by atoms with Crippen molar-refractivity contribution in [2.75, 3.05) is 19.7 Å². The van der Waals surface area contributed by atoms with Crippen LogP contribution in [0.3, 0.4) is 0 Å². The number of fused-ring (bicyclic) bond motifs is 1. The fourth-order valence-corrected chi connectivity index (χ4v) is 4.27. The Balaban J connectivity index is 1.55. The number of nitrogens with zero attached hydrogens (tertiary/aromatic N) is 4. The summed E-state index contributed by atoms with van der Waals surface area (Å²) in [4.78, 5) is 11.5. The lowest BCUT2D eigenvalue weighted by Gasteiger charge is -2.15. The number of rotatable bonds is 8. The van der Waals surface area contributed by atoms with Gasteiger partial charge in [0, 0.05) is 18.1 Å². The molecule has 3 heterocycles. The highest BCUT2D eigenvalue weighted by Crippen LogP contribution is 2.25. The largest absolute Gasteiger partial charge is 0.463 e. The van der Waals surface area contributed by atoms with E-state index >= 15 is 0 Å². The summed E-state index contributed by atoms with van der Waals surface area (Å²) in [5, 5.41) is 1.02. The average Bonchev–Trinajstić information content (AvgIpc) is 3.31. The Labute approximate surface area is 174 Å². The molecule has 0 aliphatic carbocycles. The van der Waals surface area contributed by atoms with Gasteiger partial charge in [-0.3, -0.25) is 4.90 Å². The third-order valence-electron chi connectivity index (χ3n) is 5.23. The lowest BCUT2D eigenvalue weighted by Crippen LogP contribution is -2.18. The molecule has 1 aromatic carbocycles. The molecule has 28 heavy (non-hydrogen) atoms. The summed E-state index contributed by atoms with van der Waals surface area (Å²) in [6.07, 6.45) is 6.59. The fraction of sp³-hybridized carbons (Fsp3) is 0.455. The molecule has 3 aromatic rings. The van der Waals surface area contributed by atoms with Crippen molar-refractivity contribution in [2.45, 2.75) is 45.7 Å². The highest BCUT2D eigenvalue weighted by Gasteiger charge is 2.14. The van der Waals surface area contributed by atoms with Gasteiger partial charge in [0.15, 0.2) is 0 Å². The maximum atomic E-state index is 5.71. The lowest BCUT2D eigenvalue weighted by atomic mass is 10.1. The van der Waals surface area contributed by atoms with Gasteiger partial charge in [0.05, 0.1) is 17.8 Å². The predicted molar refractivity (Wildman–Crippen MR) is 116 cm³/mol. The van der Waals surface area contributed by atoms with E-state index in [9.17, 15) is 0 Å². The molecule has 0 atom stereocenters. The van der Waals surface area contributed by atoms with Gasteiger partial charge in [-0.2, -0.15) is 4.98 Å². The van der Waals surface area contributed by atoms with Crippen LogP contribution in [-0.4, -0.2) is 39.1 Å². The van der Waals surface area contributed by atoms with Crippen molar-refractivity contribution < 1.29 is 4.74 Å². The van der Waals surface area contributed by atoms with E-state index in [1.54, 1.807) is 0 Å². The van der Waals surface area contributed by atoms with Crippen molar-refractivity contribution in [1.82, 2.24) is 19.4 Å². The van der Waals surface area contributed by atoms with E-state index in [2.05, 4.69) is 72.6 Å². The van der Waals surface area contributed by atoms with Gasteiger partial charge in [0.25, 0.3) is 0 Å². The summed E-state index contributed by atoms with van der Waals surface area (Å²) in [6.45, 7) is 7.05. The second-order valence-corrected chi connectivity index (χ2v) is 8.30. The van der Waals surface area contributed by atoms with E-state index in [1.807, 2.05) is 6.20 Å². The van der Waals surface area contributed by atoms with Crippen LogP contribution in [-0.2, 0) is 13.1 Å². The number of ether oxygens (including phenoxy) is 1. The van der Waals surface area contributed by atoms with Gasteiger partial charge in [-0.05, 0) is 65.5 Å². The van der Waals surface area contributed by atoms with E-state index in [-0.39, 0.29) is 0 Å². The number of unbranched alkanes of at least 4 members (excludes halogenated alkanes) is 1. The predicted octanol–water partition coefficient (Wildman–Crippen LogP) is 5.02. The number of aromatic nitrogens is 3. The van der Waals surface area contributed by atoms with Crippen LogP contribution in [0.1, 0.15) is 43.7 Å². The third kappa shape index (κ3) is 4.55. The van der Waals surface area contributed by atoms with Crippen LogP contribution in [0.4, 0.5) is 0 Å². The fourth-order valence-electron chi connectivity index (χ4n) is 3.73. The second kappa shape index (κ2) is 9.05. The van der Waals surface area contributed by atoms with Crippen molar-refractivity contribution >= 4 is 27.0 Å². The summed E-state index contributed by atoms with van der Waals surface area (Å²) in [5.74, 6) is 0. The SMILES string of the molecule is CCCCOc1ncc2cc(Br)n(Cc3cccc(CN4CCCC4)c3)c2n1. The van der Waals surface area contributed by atoms with Gasteiger partial charge in [-0.25, -0.2) is 4.98 Å². The molecule has 6 heteroatoms. The highest BCUT2D eigenvalue weighted by atomic mass is 79.9. The summed E-state index contributed by atoms with van der Waals surface area (Å²) in [7, 11) is 0. The first-order chi connectivity index (χ1) is 13.7. The van der Waals surface area contributed by atoms with Crippen molar-refractivity contribution in [3.8, 4) is 6.01 Å². The molecule has 1 fully saturated rings. The van der Waals surface area contributed by atoms with Crippen molar-refractivity contribution in [1.29, 1.82) is 0 Å². The van der Waals surface area contributed by atoms with E-state index in [4.69, 9.17) is 4.74 Å². The average molecular weight is 443 g/mol. The van der Waals surface area contributed by atoms with Gasteiger partial charge < -0.3 is 9.30 Å². The second-order valence-electron chi connectivity index (χ2n) is 7.49. The molecule has 0 bridgehead atoms. The van der Waals surface area contributed by atoms with Crippen LogP contribution < -0.4 is 4.74 Å². The van der Waals surface area contributed by atoms with Gasteiger partial charge >= 0.3 is 6.01 Å². The summed E-state index contributed by atoms with van der Waals surface area (Å²) >= 11 is 3.69.